The van der Waals surface area contributed by atoms with Gasteiger partial charge in [-0.05, 0) is 37.0 Å². The molecule has 1 fully saturated rings. The van der Waals surface area contributed by atoms with Gasteiger partial charge in [0.2, 0.25) is 0 Å². The third-order valence-electron chi connectivity index (χ3n) is 4.09. The van der Waals surface area contributed by atoms with E-state index < -0.39 is 0 Å². The van der Waals surface area contributed by atoms with Crippen molar-refractivity contribution in [1.82, 2.24) is 15.2 Å². The number of rotatable bonds is 4. The Morgan fingerprint density at radius 3 is 2.89 bits per heavy atom. The minimum Gasteiger partial charge on any atom is -0.311 e. The van der Waals surface area contributed by atoms with Gasteiger partial charge in [-0.1, -0.05) is 13.8 Å². The molecule has 0 saturated carbocycles. The fourth-order valence-electron chi connectivity index (χ4n) is 2.70. The molecule has 0 radical (unpaired) electrons. The van der Waals surface area contributed by atoms with Crippen molar-refractivity contribution in [2.24, 2.45) is 0 Å². The highest BCUT2D eigenvalue weighted by Crippen LogP contribution is 2.17. The number of nitrogens with one attached hydrogen (secondary N) is 1. The van der Waals surface area contributed by atoms with Crippen LogP contribution in [0.15, 0.2) is 18.5 Å². The normalized spacial score (nSPS) is 25.3. The average molecular weight is 247 g/mol. The van der Waals surface area contributed by atoms with Crippen molar-refractivity contribution in [3.05, 3.63) is 29.6 Å². The number of hydrogen-bond acceptors (Lipinski definition) is 3. The molecule has 100 valence electrons. The molecule has 0 spiro atoms. The van der Waals surface area contributed by atoms with Crippen LogP contribution in [-0.2, 0) is 6.54 Å². The zero-order valence-corrected chi connectivity index (χ0v) is 11.8. The Kier molecular flexibility index (Phi) is 4.72. The van der Waals surface area contributed by atoms with Crippen molar-refractivity contribution in [1.29, 1.82) is 0 Å². The Morgan fingerprint density at radius 1 is 1.39 bits per heavy atom. The average Bonchev–Trinajstić information content (AvgIpc) is 2.41. The van der Waals surface area contributed by atoms with Crippen LogP contribution in [0.5, 0.6) is 0 Å². The smallest absolute Gasteiger partial charge is 0.0300 e. The highest BCUT2D eigenvalue weighted by Gasteiger charge is 2.25. The maximum absolute atomic E-state index is 4.18. The molecule has 1 N–H and O–H groups in total. The molecule has 2 heterocycles. The second-order valence-electron chi connectivity index (χ2n) is 5.31. The Balaban J connectivity index is 2.07. The van der Waals surface area contributed by atoms with Crippen LogP contribution in [0.2, 0.25) is 0 Å². The Labute approximate surface area is 111 Å². The molecular weight excluding hydrogens is 222 g/mol. The van der Waals surface area contributed by atoms with E-state index in [0.29, 0.717) is 12.1 Å². The maximum Gasteiger partial charge on any atom is 0.0300 e. The van der Waals surface area contributed by atoms with Gasteiger partial charge in [0.1, 0.15) is 0 Å². The molecule has 3 nitrogen and oxygen atoms in total. The van der Waals surface area contributed by atoms with Crippen molar-refractivity contribution in [3.8, 4) is 0 Å². The van der Waals surface area contributed by atoms with E-state index >= 15 is 0 Å². The standard InChI is InChI=1S/C15H25N3/c1-4-14-11-18(15(5-2)9-17-14)10-13-6-7-16-8-12(13)3/h6-8,14-15,17H,4-5,9-11H2,1-3H3. The van der Waals surface area contributed by atoms with Crippen LogP contribution in [-0.4, -0.2) is 35.1 Å². The highest BCUT2D eigenvalue weighted by atomic mass is 15.2. The number of aromatic nitrogens is 1. The molecule has 0 aliphatic carbocycles. The van der Waals surface area contributed by atoms with Crippen LogP contribution in [0.4, 0.5) is 0 Å². The van der Waals surface area contributed by atoms with Crippen LogP contribution < -0.4 is 5.32 Å². The van der Waals surface area contributed by atoms with E-state index in [9.17, 15) is 0 Å². The second-order valence-corrected chi connectivity index (χ2v) is 5.31. The van der Waals surface area contributed by atoms with Gasteiger partial charge in [0.15, 0.2) is 0 Å². The first-order chi connectivity index (χ1) is 8.74. The molecule has 0 amide bonds. The topological polar surface area (TPSA) is 28.2 Å². The molecule has 18 heavy (non-hydrogen) atoms. The van der Waals surface area contributed by atoms with Gasteiger partial charge in [-0.15, -0.1) is 0 Å². The fourth-order valence-corrected chi connectivity index (χ4v) is 2.70. The largest absolute Gasteiger partial charge is 0.311 e. The minimum atomic E-state index is 0.648. The maximum atomic E-state index is 4.18. The summed E-state index contributed by atoms with van der Waals surface area (Å²) in [6.07, 6.45) is 6.30. The number of piperazine rings is 1. The van der Waals surface area contributed by atoms with Gasteiger partial charge in [0.25, 0.3) is 0 Å². The lowest BCUT2D eigenvalue weighted by atomic mass is 10.0. The van der Waals surface area contributed by atoms with Crippen LogP contribution in [0.3, 0.4) is 0 Å². The van der Waals surface area contributed by atoms with Gasteiger partial charge < -0.3 is 5.32 Å². The summed E-state index contributed by atoms with van der Waals surface area (Å²) in [5.41, 5.74) is 2.72. The predicted molar refractivity (Wildman–Crippen MR) is 75.5 cm³/mol. The molecule has 1 aromatic rings. The third kappa shape index (κ3) is 3.09. The van der Waals surface area contributed by atoms with Gasteiger partial charge in [-0.2, -0.15) is 0 Å². The van der Waals surface area contributed by atoms with Gasteiger partial charge >= 0.3 is 0 Å². The second kappa shape index (κ2) is 6.30. The monoisotopic (exact) mass is 247 g/mol. The van der Waals surface area contributed by atoms with Gasteiger partial charge in [0.05, 0.1) is 0 Å². The number of aryl methyl sites for hydroxylation is 1. The summed E-state index contributed by atoms with van der Waals surface area (Å²) >= 11 is 0. The molecule has 1 aromatic heterocycles. The van der Waals surface area contributed by atoms with Crippen LogP contribution in [0.25, 0.3) is 0 Å². The summed E-state index contributed by atoms with van der Waals surface area (Å²) in [6, 6.07) is 3.47. The third-order valence-corrected chi connectivity index (χ3v) is 4.09. The molecule has 3 heteroatoms. The molecule has 2 unspecified atom stereocenters. The number of pyridine rings is 1. The van der Waals surface area contributed by atoms with Gasteiger partial charge in [0, 0.05) is 44.1 Å². The zero-order chi connectivity index (χ0) is 13.0. The lowest BCUT2D eigenvalue weighted by Gasteiger charge is -2.40. The summed E-state index contributed by atoms with van der Waals surface area (Å²) in [4.78, 5) is 6.81. The van der Waals surface area contributed by atoms with E-state index in [-0.39, 0.29) is 0 Å². The first-order valence-corrected chi connectivity index (χ1v) is 7.11. The summed E-state index contributed by atoms with van der Waals surface area (Å²) in [6.45, 7) is 10.1. The molecule has 2 rings (SSSR count). The molecule has 0 bridgehead atoms. The van der Waals surface area contributed by atoms with E-state index in [0.717, 1.165) is 19.6 Å². The Bertz CT molecular complexity index is 378. The van der Waals surface area contributed by atoms with Crippen molar-refractivity contribution >= 4 is 0 Å². The van der Waals surface area contributed by atoms with E-state index in [1.54, 1.807) is 0 Å². The highest BCUT2D eigenvalue weighted by molar-refractivity contribution is 5.21. The van der Waals surface area contributed by atoms with E-state index in [1.807, 2.05) is 12.4 Å². The predicted octanol–water partition coefficient (Wildman–Crippen LogP) is 2.35. The quantitative estimate of drug-likeness (QED) is 0.885. The summed E-state index contributed by atoms with van der Waals surface area (Å²) in [7, 11) is 0. The number of nitrogens with zero attached hydrogens (tertiary/aromatic N) is 2. The molecule has 0 aromatic carbocycles. The van der Waals surface area contributed by atoms with Crippen molar-refractivity contribution in [2.75, 3.05) is 13.1 Å². The lowest BCUT2D eigenvalue weighted by Crippen LogP contribution is -2.55. The molecule has 1 saturated heterocycles. The first kappa shape index (κ1) is 13.5. The summed E-state index contributed by atoms with van der Waals surface area (Å²) in [5.74, 6) is 0. The van der Waals surface area contributed by atoms with Crippen molar-refractivity contribution in [3.63, 3.8) is 0 Å². The van der Waals surface area contributed by atoms with Gasteiger partial charge in [-0.25, -0.2) is 0 Å². The Hall–Kier alpha value is -0.930. The van der Waals surface area contributed by atoms with E-state index in [2.05, 4.69) is 42.0 Å². The van der Waals surface area contributed by atoms with Crippen molar-refractivity contribution < 1.29 is 0 Å². The molecule has 2 atom stereocenters. The van der Waals surface area contributed by atoms with E-state index in [1.165, 1.54) is 24.0 Å². The Morgan fingerprint density at radius 2 is 2.22 bits per heavy atom. The summed E-state index contributed by atoms with van der Waals surface area (Å²) < 4.78 is 0. The van der Waals surface area contributed by atoms with Crippen LogP contribution in [0.1, 0.15) is 37.8 Å². The first-order valence-electron chi connectivity index (χ1n) is 7.11. The van der Waals surface area contributed by atoms with E-state index in [4.69, 9.17) is 0 Å². The molecule has 1 aliphatic rings. The lowest BCUT2D eigenvalue weighted by molar-refractivity contribution is 0.117. The van der Waals surface area contributed by atoms with Crippen LogP contribution in [0, 0.1) is 6.92 Å². The van der Waals surface area contributed by atoms with Crippen LogP contribution >= 0.6 is 0 Å². The fraction of sp³-hybridized carbons (Fsp3) is 0.667. The minimum absolute atomic E-state index is 0.648. The molecular formula is C15H25N3. The SMILES string of the molecule is CCC1CN(Cc2ccncc2C)C(CC)CN1. The molecule has 1 aliphatic heterocycles. The zero-order valence-electron chi connectivity index (χ0n) is 11.8. The number of hydrogen-bond donors (Lipinski definition) is 1. The van der Waals surface area contributed by atoms with Crippen molar-refractivity contribution in [2.45, 2.75) is 52.2 Å². The van der Waals surface area contributed by atoms with Gasteiger partial charge in [-0.3, -0.25) is 9.88 Å². The summed E-state index contributed by atoms with van der Waals surface area (Å²) in [5, 5.41) is 3.65.